The first kappa shape index (κ1) is 14.5. The molecule has 1 atom stereocenters. The largest absolute Gasteiger partial charge is 0.324 e. The Balaban J connectivity index is 2.28. The smallest absolute Gasteiger partial charge is 0.123 e. The van der Waals surface area contributed by atoms with E-state index in [4.69, 9.17) is 17.3 Å². The first-order valence-electron chi connectivity index (χ1n) is 5.93. The zero-order valence-electron chi connectivity index (χ0n) is 10.5. The second kappa shape index (κ2) is 6.04. The Bertz CT molecular complexity index is 601. The summed E-state index contributed by atoms with van der Waals surface area (Å²) in [4.78, 5) is 0. The predicted octanol–water partition coefficient (Wildman–Crippen LogP) is 4.79. The minimum atomic E-state index is -0.294. The van der Waals surface area contributed by atoms with Crippen LogP contribution < -0.4 is 5.73 Å². The number of hydrogen-bond acceptors (Lipinski definition) is 1. The number of hydrogen-bond donors (Lipinski definition) is 1. The third kappa shape index (κ3) is 3.35. The van der Waals surface area contributed by atoms with Gasteiger partial charge in [-0.05, 0) is 54.3 Å². The lowest BCUT2D eigenvalue weighted by Gasteiger charge is -2.16. The molecule has 0 saturated carbocycles. The van der Waals surface area contributed by atoms with Gasteiger partial charge in [-0.3, -0.25) is 0 Å². The number of halogens is 3. The summed E-state index contributed by atoms with van der Waals surface area (Å²) in [6.45, 7) is 2.01. The maximum absolute atomic E-state index is 13.2. The van der Waals surface area contributed by atoms with Crippen LogP contribution in [0.4, 0.5) is 4.39 Å². The molecule has 100 valence electrons. The first-order chi connectivity index (χ1) is 8.99. The molecule has 0 radical (unpaired) electrons. The van der Waals surface area contributed by atoms with E-state index in [9.17, 15) is 4.39 Å². The maximum atomic E-state index is 13.2. The molecule has 2 N–H and O–H groups in total. The van der Waals surface area contributed by atoms with E-state index in [0.717, 1.165) is 21.2 Å². The number of nitrogens with two attached hydrogens (primary N) is 1. The van der Waals surface area contributed by atoms with E-state index < -0.39 is 0 Å². The molecule has 2 aromatic rings. The summed E-state index contributed by atoms with van der Waals surface area (Å²) < 4.78 is 14.3. The quantitative estimate of drug-likeness (QED) is 0.852. The summed E-state index contributed by atoms with van der Waals surface area (Å²) >= 11 is 9.55. The summed E-state index contributed by atoms with van der Waals surface area (Å²) in [6, 6.07) is 10.0. The van der Waals surface area contributed by atoms with Crippen molar-refractivity contribution in [3.8, 4) is 0 Å². The lowest BCUT2D eigenvalue weighted by Crippen LogP contribution is -2.15. The van der Waals surface area contributed by atoms with Crippen LogP contribution in [0.2, 0.25) is 5.02 Å². The first-order valence-corrected chi connectivity index (χ1v) is 7.10. The normalized spacial score (nSPS) is 12.5. The van der Waals surface area contributed by atoms with Gasteiger partial charge < -0.3 is 5.73 Å². The fourth-order valence-electron chi connectivity index (χ4n) is 2.07. The van der Waals surface area contributed by atoms with Gasteiger partial charge >= 0.3 is 0 Å². The van der Waals surface area contributed by atoms with Gasteiger partial charge in [-0.25, -0.2) is 4.39 Å². The van der Waals surface area contributed by atoms with Gasteiger partial charge in [0.25, 0.3) is 0 Å². The average molecular weight is 343 g/mol. The second-order valence-corrected chi connectivity index (χ2v) is 5.76. The molecule has 19 heavy (non-hydrogen) atoms. The zero-order valence-corrected chi connectivity index (χ0v) is 12.8. The molecule has 0 aromatic heterocycles. The van der Waals surface area contributed by atoms with Crippen molar-refractivity contribution in [2.45, 2.75) is 19.4 Å². The Morgan fingerprint density at radius 1 is 1.32 bits per heavy atom. The van der Waals surface area contributed by atoms with Crippen LogP contribution in [-0.4, -0.2) is 0 Å². The highest BCUT2D eigenvalue weighted by atomic mass is 79.9. The molecule has 0 aliphatic rings. The minimum Gasteiger partial charge on any atom is -0.324 e. The molecular formula is C15H14BrClFN. The molecule has 4 heteroatoms. The summed E-state index contributed by atoms with van der Waals surface area (Å²) in [5.41, 5.74) is 9.08. The predicted molar refractivity (Wildman–Crippen MR) is 80.9 cm³/mol. The van der Waals surface area contributed by atoms with E-state index in [0.29, 0.717) is 11.4 Å². The van der Waals surface area contributed by atoms with Gasteiger partial charge in [0.2, 0.25) is 0 Å². The molecule has 0 heterocycles. The summed E-state index contributed by atoms with van der Waals surface area (Å²) in [5.74, 6) is -0.294. The van der Waals surface area contributed by atoms with Crippen LogP contribution in [0.3, 0.4) is 0 Å². The molecule has 0 bridgehead atoms. The Kier molecular flexibility index (Phi) is 4.61. The van der Waals surface area contributed by atoms with E-state index in [2.05, 4.69) is 15.9 Å². The molecule has 1 nitrogen and oxygen atoms in total. The minimum absolute atomic E-state index is 0.211. The lowest BCUT2D eigenvalue weighted by atomic mass is 9.96. The average Bonchev–Trinajstić information content (AvgIpc) is 2.37. The van der Waals surface area contributed by atoms with E-state index >= 15 is 0 Å². The molecule has 0 aliphatic carbocycles. The highest BCUT2D eigenvalue weighted by molar-refractivity contribution is 9.10. The van der Waals surface area contributed by atoms with Gasteiger partial charge in [0.15, 0.2) is 0 Å². The van der Waals surface area contributed by atoms with Crippen molar-refractivity contribution in [3.05, 3.63) is 68.4 Å². The number of rotatable bonds is 3. The van der Waals surface area contributed by atoms with Crippen LogP contribution in [0.5, 0.6) is 0 Å². The van der Waals surface area contributed by atoms with E-state index in [1.165, 1.54) is 12.1 Å². The van der Waals surface area contributed by atoms with E-state index in [1.54, 1.807) is 6.07 Å². The topological polar surface area (TPSA) is 26.0 Å². The molecule has 1 unspecified atom stereocenters. The zero-order chi connectivity index (χ0) is 14.0. The van der Waals surface area contributed by atoms with Crippen LogP contribution >= 0.6 is 27.5 Å². The van der Waals surface area contributed by atoms with Crippen LogP contribution in [0.25, 0.3) is 0 Å². The standard InChI is InChI=1S/C15H14BrClFN/c1-9-12(3-2-4-13(9)16)15(19)8-10-7-11(18)5-6-14(10)17/h2-7,15H,8,19H2,1H3. The monoisotopic (exact) mass is 341 g/mol. The highest BCUT2D eigenvalue weighted by Gasteiger charge is 2.13. The fraction of sp³-hybridized carbons (Fsp3) is 0.200. The molecule has 0 saturated heterocycles. The molecule has 0 fully saturated rings. The van der Waals surface area contributed by atoms with Crippen LogP contribution in [0.1, 0.15) is 22.7 Å². The van der Waals surface area contributed by atoms with Crippen molar-refractivity contribution in [3.63, 3.8) is 0 Å². The van der Waals surface area contributed by atoms with Gasteiger partial charge in [0.05, 0.1) is 0 Å². The maximum Gasteiger partial charge on any atom is 0.123 e. The Morgan fingerprint density at radius 2 is 2.05 bits per heavy atom. The molecule has 2 rings (SSSR count). The van der Waals surface area contributed by atoms with Crippen molar-refractivity contribution >= 4 is 27.5 Å². The molecule has 0 aliphatic heterocycles. The third-order valence-electron chi connectivity index (χ3n) is 3.16. The molecule has 2 aromatic carbocycles. The Morgan fingerprint density at radius 3 is 2.79 bits per heavy atom. The SMILES string of the molecule is Cc1c(Br)cccc1C(N)Cc1cc(F)ccc1Cl. The van der Waals surface area contributed by atoms with E-state index in [1.807, 2.05) is 25.1 Å². The van der Waals surface area contributed by atoms with Gasteiger partial charge in [-0.15, -0.1) is 0 Å². The highest BCUT2D eigenvalue weighted by Crippen LogP contribution is 2.27. The van der Waals surface area contributed by atoms with Crippen molar-refractivity contribution in [1.29, 1.82) is 0 Å². The van der Waals surface area contributed by atoms with Crippen molar-refractivity contribution < 1.29 is 4.39 Å². The van der Waals surface area contributed by atoms with Crippen LogP contribution in [-0.2, 0) is 6.42 Å². The second-order valence-electron chi connectivity index (χ2n) is 4.50. The number of benzene rings is 2. The van der Waals surface area contributed by atoms with Crippen molar-refractivity contribution in [2.24, 2.45) is 5.73 Å². The van der Waals surface area contributed by atoms with Gasteiger partial charge in [0, 0.05) is 15.5 Å². The Labute approximate surface area is 125 Å². The van der Waals surface area contributed by atoms with Gasteiger partial charge in [0.1, 0.15) is 5.82 Å². The fourth-order valence-corrected chi connectivity index (χ4v) is 2.65. The van der Waals surface area contributed by atoms with Crippen LogP contribution in [0.15, 0.2) is 40.9 Å². The summed E-state index contributed by atoms with van der Waals surface area (Å²) in [7, 11) is 0. The summed E-state index contributed by atoms with van der Waals surface area (Å²) in [5, 5.41) is 0.546. The Hall–Kier alpha value is -0.900. The van der Waals surface area contributed by atoms with Gasteiger partial charge in [-0.2, -0.15) is 0 Å². The van der Waals surface area contributed by atoms with E-state index in [-0.39, 0.29) is 11.9 Å². The summed E-state index contributed by atoms with van der Waals surface area (Å²) in [6.07, 6.45) is 0.508. The van der Waals surface area contributed by atoms with Crippen molar-refractivity contribution in [2.75, 3.05) is 0 Å². The van der Waals surface area contributed by atoms with Gasteiger partial charge in [-0.1, -0.05) is 39.7 Å². The molecule has 0 amide bonds. The van der Waals surface area contributed by atoms with Crippen molar-refractivity contribution in [1.82, 2.24) is 0 Å². The van der Waals surface area contributed by atoms with Crippen LogP contribution in [0, 0.1) is 12.7 Å². The molecule has 0 spiro atoms. The third-order valence-corrected chi connectivity index (χ3v) is 4.38. The lowest BCUT2D eigenvalue weighted by molar-refractivity contribution is 0.622. The molecular weight excluding hydrogens is 329 g/mol.